The molecule has 1 fully saturated rings. The molecule has 2 atom stereocenters. The van der Waals surface area contributed by atoms with Gasteiger partial charge in [0.25, 0.3) is 0 Å². The van der Waals surface area contributed by atoms with Gasteiger partial charge in [0, 0.05) is 19.1 Å². The Morgan fingerprint density at radius 1 is 1.53 bits per heavy atom. The fraction of sp³-hybridized carbons (Fsp3) is 0.917. The first-order chi connectivity index (χ1) is 8.92. The van der Waals surface area contributed by atoms with Crippen molar-refractivity contribution < 1.29 is 13.2 Å². The molecule has 7 heteroatoms. The van der Waals surface area contributed by atoms with Gasteiger partial charge in [-0.25, -0.2) is 8.42 Å². The Labute approximate surface area is 115 Å². The molecule has 1 saturated heterocycles. The molecule has 1 rings (SSSR count). The van der Waals surface area contributed by atoms with Crippen LogP contribution in [0.1, 0.15) is 39.5 Å². The number of carbonyl (C=O) groups is 1. The monoisotopic (exact) mass is 291 g/mol. The fourth-order valence-corrected chi connectivity index (χ4v) is 4.06. The van der Waals surface area contributed by atoms with Crippen LogP contribution >= 0.6 is 0 Å². The fourth-order valence-electron chi connectivity index (χ4n) is 2.18. The molecule has 0 aromatic heterocycles. The zero-order valence-electron chi connectivity index (χ0n) is 11.8. The van der Waals surface area contributed by atoms with Gasteiger partial charge in [0.15, 0.2) is 0 Å². The summed E-state index contributed by atoms with van der Waals surface area (Å²) >= 11 is 0. The van der Waals surface area contributed by atoms with E-state index in [4.69, 9.17) is 5.73 Å². The predicted octanol–water partition coefficient (Wildman–Crippen LogP) is 0.0441. The second-order valence-corrected chi connectivity index (χ2v) is 7.12. The average molecular weight is 291 g/mol. The first-order valence-electron chi connectivity index (χ1n) is 6.92. The van der Waals surface area contributed by atoms with Crippen LogP contribution in [0.3, 0.4) is 0 Å². The van der Waals surface area contributed by atoms with E-state index in [1.807, 2.05) is 13.8 Å². The third-order valence-electron chi connectivity index (χ3n) is 3.36. The highest BCUT2D eigenvalue weighted by molar-refractivity contribution is 7.89. The second-order valence-electron chi connectivity index (χ2n) is 5.08. The van der Waals surface area contributed by atoms with E-state index in [9.17, 15) is 13.2 Å². The average Bonchev–Trinajstić information content (AvgIpc) is 2.86. The highest BCUT2D eigenvalue weighted by Crippen LogP contribution is 2.22. The summed E-state index contributed by atoms with van der Waals surface area (Å²) in [6.45, 7) is 4.55. The van der Waals surface area contributed by atoms with Gasteiger partial charge in [-0.3, -0.25) is 4.79 Å². The lowest BCUT2D eigenvalue weighted by atomic mass is 10.2. The first-order valence-corrected chi connectivity index (χ1v) is 8.53. The van der Waals surface area contributed by atoms with Gasteiger partial charge in [0.05, 0.1) is 5.75 Å². The molecule has 112 valence electrons. The van der Waals surface area contributed by atoms with Gasteiger partial charge in [-0.15, -0.1) is 0 Å². The van der Waals surface area contributed by atoms with Crippen molar-refractivity contribution in [3.8, 4) is 0 Å². The topological polar surface area (TPSA) is 92.5 Å². The maximum Gasteiger partial charge on any atom is 0.238 e. The minimum absolute atomic E-state index is 0.125. The zero-order valence-corrected chi connectivity index (χ0v) is 12.6. The Bertz CT molecular complexity index is 397. The Morgan fingerprint density at radius 2 is 2.21 bits per heavy atom. The minimum Gasteiger partial charge on any atom is -0.351 e. The number of carbonyl (C=O) groups excluding carboxylic acids is 1. The summed E-state index contributed by atoms with van der Waals surface area (Å²) in [5, 5.41) is 2.76. The molecule has 1 amide bonds. The Kier molecular flexibility index (Phi) is 6.22. The quantitative estimate of drug-likeness (QED) is 0.693. The van der Waals surface area contributed by atoms with Crippen molar-refractivity contribution in [2.45, 2.75) is 51.6 Å². The van der Waals surface area contributed by atoms with Crippen molar-refractivity contribution in [1.29, 1.82) is 0 Å². The van der Waals surface area contributed by atoms with Crippen LogP contribution in [0, 0.1) is 0 Å². The molecule has 1 heterocycles. The Hall–Kier alpha value is -0.660. The maximum absolute atomic E-state index is 12.2. The van der Waals surface area contributed by atoms with Crippen LogP contribution in [0.2, 0.25) is 0 Å². The highest BCUT2D eigenvalue weighted by atomic mass is 32.2. The van der Waals surface area contributed by atoms with E-state index in [1.54, 1.807) is 0 Å². The van der Waals surface area contributed by atoms with E-state index in [0.717, 1.165) is 12.8 Å². The van der Waals surface area contributed by atoms with E-state index in [-0.39, 0.29) is 17.7 Å². The van der Waals surface area contributed by atoms with Crippen molar-refractivity contribution in [2.75, 3.05) is 18.8 Å². The predicted molar refractivity (Wildman–Crippen MR) is 75.1 cm³/mol. The van der Waals surface area contributed by atoms with Crippen LogP contribution in [0.4, 0.5) is 0 Å². The molecule has 0 aromatic carbocycles. The van der Waals surface area contributed by atoms with Crippen LogP contribution in [0.5, 0.6) is 0 Å². The van der Waals surface area contributed by atoms with Gasteiger partial charge in [0.2, 0.25) is 15.9 Å². The number of nitrogens with one attached hydrogen (secondary N) is 1. The third-order valence-corrected chi connectivity index (χ3v) is 5.32. The van der Waals surface area contributed by atoms with Crippen LogP contribution in [0.15, 0.2) is 0 Å². The van der Waals surface area contributed by atoms with Crippen molar-refractivity contribution in [3.05, 3.63) is 0 Å². The largest absolute Gasteiger partial charge is 0.351 e. The van der Waals surface area contributed by atoms with Gasteiger partial charge >= 0.3 is 0 Å². The summed E-state index contributed by atoms with van der Waals surface area (Å²) in [5.74, 6) is -0.102. The lowest BCUT2D eigenvalue weighted by molar-refractivity contribution is -0.124. The summed E-state index contributed by atoms with van der Waals surface area (Å²) in [4.78, 5) is 12.1. The van der Waals surface area contributed by atoms with E-state index < -0.39 is 16.1 Å². The third kappa shape index (κ3) is 4.43. The summed E-state index contributed by atoms with van der Waals surface area (Å²) in [6.07, 6.45) is 2.79. The standard InChI is InChI=1S/C12H25N3O3S/c1-3-4-8-19(17,18)15-7-5-6-11(15)12(16)14-10(2)9-13/h10-11H,3-9,13H2,1-2H3,(H,14,16)/t10-,11?/m0/s1. The lowest BCUT2D eigenvalue weighted by Crippen LogP contribution is -2.50. The SMILES string of the molecule is CCCCS(=O)(=O)N1CCCC1C(=O)N[C@@H](C)CN. The first kappa shape index (κ1) is 16.4. The minimum atomic E-state index is -3.32. The Morgan fingerprint density at radius 3 is 2.79 bits per heavy atom. The van der Waals surface area contributed by atoms with E-state index in [2.05, 4.69) is 5.32 Å². The van der Waals surface area contributed by atoms with Gasteiger partial charge in [-0.2, -0.15) is 4.31 Å². The highest BCUT2D eigenvalue weighted by Gasteiger charge is 2.38. The lowest BCUT2D eigenvalue weighted by Gasteiger charge is -2.24. The zero-order chi connectivity index (χ0) is 14.5. The number of sulfonamides is 1. The molecule has 1 aliphatic rings. The molecule has 0 aliphatic carbocycles. The van der Waals surface area contributed by atoms with Crippen molar-refractivity contribution >= 4 is 15.9 Å². The maximum atomic E-state index is 12.2. The summed E-state index contributed by atoms with van der Waals surface area (Å²) in [5.41, 5.74) is 5.46. The molecule has 0 radical (unpaired) electrons. The molecule has 0 saturated carbocycles. The molecule has 0 bridgehead atoms. The number of unbranched alkanes of at least 4 members (excludes halogenated alkanes) is 1. The molecular weight excluding hydrogens is 266 g/mol. The van der Waals surface area contributed by atoms with Gasteiger partial charge in [-0.1, -0.05) is 13.3 Å². The molecule has 0 spiro atoms. The van der Waals surface area contributed by atoms with Crippen molar-refractivity contribution in [1.82, 2.24) is 9.62 Å². The second kappa shape index (κ2) is 7.21. The van der Waals surface area contributed by atoms with Crippen LogP contribution in [-0.4, -0.2) is 49.6 Å². The molecule has 3 N–H and O–H groups in total. The Balaban J connectivity index is 2.70. The van der Waals surface area contributed by atoms with Gasteiger partial charge < -0.3 is 11.1 Å². The number of hydrogen-bond acceptors (Lipinski definition) is 4. The van der Waals surface area contributed by atoms with Crippen molar-refractivity contribution in [3.63, 3.8) is 0 Å². The normalized spacial score (nSPS) is 22.4. The molecule has 1 aliphatic heterocycles. The van der Waals surface area contributed by atoms with Gasteiger partial charge in [0.1, 0.15) is 6.04 Å². The summed E-state index contributed by atoms with van der Waals surface area (Å²) < 4.78 is 25.7. The molecule has 1 unspecified atom stereocenters. The van der Waals surface area contributed by atoms with Gasteiger partial charge in [-0.05, 0) is 26.2 Å². The summed E-state index contributed by atoms with van der Waals surface area (Å²) in [6, 6.07) is -0.691. The number of rotatable bonds is 7. The van der Waals surface area contributed by atoms with Crippen LogP contribution < -0.4 is 11.1 Å². The van der Waals surface area contributed by atoms with E-state index in [1.165, 1.54) is 4.31 Å². The van der Waals surface area contributed by atoms with Crippen LogP contribution in [0.25, 0.3) is 0 Å². The van der Waals surface area contributed by atoms with E-state index >= 15 is 0 Å². The number of hydrogen-bond donors (Lipinski definition) is 2. The molecule has 0 aromatic rings. The molecule has 6 nitrogen and oxygen atoms in total. The van der Waals surface area contributed by atoms with E-state index in [0.29, 0.717) is 25.9 Å². The van der Waals surface area contributed by atoms with Crippen LogP contribution in [-0.2, 0) is 14.8 Å². The van der Waals surface area contributed by atoms with Crippen molar-refractivity contribution in [2.24, 2.45) is 5.73 Å². The molecule has 19 heavy (non-hydrogen) atoms. The number of amides is 1. The molecular formula is C12H25N3O3S. The smallest absolute Gasteiger partial charge is 0.238 e. The summed E-state index contributed by atoms with van der Waals surface area (Å²) in [7, 11) is -3.32. The number of nitrogens with two attached hydrogens (primary N) is 1. The number of nitrogens with zero attached hydrogens (tertiary/aromatic N) is 1.